The van der Waals surface area contributed by atoms with Crippen LogP contribution in [0.1, 0.15) is 25.8 Å². The van der Waals surface area contributed by atoms with E-state index in [1.807, 2.05) is 31.2 Å². The van der Waals surface area contributed by atoms with E-state index in [-0.39, 0.29) is 12.4 Å². The maximum absolute atomic E-state index is 11.6. The van der Waals surface area contributed by atoms with Crippen LogP contribution in [-0.2, 0) is 14.3 Å². The maximum atomic E-state index is 11.6. The van der Waals surface area contributed by atoms with Crippen molar-refractivity contribution in [1.82, 2.24) is 0 Å². The summed E-state index contributed by atoms with van der Waals surface area (Å²) in [6, 6.07) is 7.63. The van der Waals surface area contributed by atoms with Gasteiger partial charge in [0.15, 0.2) is 0 Å². The minimum atomic E-state index is -0.732. The monoisotopic (exact) mass is 264 g/mol. The molecule has 4 nitrogen and oxygen atoms in total. The Labute approximate surface area is 113 Å². The number of aryl methyl sites for hydroxylation is 1. The SMILES string of the molecule is CCOC(=O)C(CCOc1ccccc1C)C(C)=O. The van der Waals surface area contributed by atoms with Gasteiger partial charge in [-0.3, -0.25) is 9.59 Å². The lowest BCUT2D eigenvalue weighted by Crippen LogP contribution is -2.26. The van der Waals surface area contributed by atoms with Gasteiger partial charge in [0.1, 0.15) is 17.5 Å². The van der Waals surface area contributed by atoms with Gasteiger partial charge in [-0.1, -0.05) is 18.2 Å². The minimum absolute atomic E-state index is 0.188. The normalized spacial score (nSPS) is 11.7. The first kappa shape index (κ1) is 15.2. The second kappa shape index (κ2) is 7.56. The molecule has 0 fully saturated rings. The number of esters is 1. The van der Waals surface area contributed by atoms with E-state index in [1.54, 1.807) is 6.92 Å². The topological polar surface area (TPSA) is 52.6 Å². The number of ether oxygens (including phenoxy) is 2. The molecule has 1 unspecified atom stereocenters. The summed E-state index contributed by atoms with van der Waals surface area (Å²) in [5.41, 5.74) is 1.03. The highest BCUT2D eigenvalue weighted by molar-refractivity contribution is 5.97. The molecule has 0 saturated heterocycles. The van der Waals surface area contributed by atoms with E-state index in [9.17, 15) is 9.59 Å². The maximum Gasteiger partial charge on any atom is 0.316 e. The van der Waals surface area contributed by atoms with Crippen LogP contribution in [0.25, 0.3) is 0 Å². The van der Waals surface area contributed by atoms with Crippen LogP contribution in [0.3, 0.4) is 0 Å². The smallest absolute Gasteiger partial charge is 0.316 e. The second-order valence-corrected chi connectivity index (χ2v) is 4.32. The lowest BCUT2D eigenvalue weighted by Gasteiger charge is -2.14. The third kappa shape index (κ3) is 4.73. The fourth-order valence-corrected chi connectivity index (χ4v) is 1.74. The van der Waals surface area contributed by atoms with E-state index in [0.717, 1.165) is 11.3 Å². The largest absolute Gasteiger partial charge is 0.493 e. The molecule has 0 saturated carbocycles. The Morgan fingerprint density at radius 1 is 1.26 bits per heavy atom. The fraction of sp³-hybridized carbons (Fsp3) is 0.467. The minimum Gasteiger partial charge on any atom is -0.493 e. The molecule has 1 rings (SSSR count). The third-order valence-corrected chi connectivity index (χ3v) is 2.82. The van der Waals surface area contributed by atoms with Crippen LogP contribution in [0.5, 0.6) is 5.75 Å². The van der Waals surface area contributed by atoms with E-state index in [4.69, 9.17) is 9.47 Å². The van der Waals surface area contributed by atoms with Crippen molar-refractivity contribution in [2.45, 2.75) is 27.2 Å². The van der Waals surface area contributed by atoms with Crippen molar-refractivity contribution in [2.75, 3.05) is 13.2 Å². The molecule has 1 aromatic rings. The zero-order valence-corrected chi connectivity index (χ0v) is 11.6. The molecule has 0 aliphatic rings. The van der Waals surface area contributed by atoms with Crippen molar-refractivity contribution < 1.29 is 19.1 Å². The molecule has 0 aliphatic carbocycles. The van der Waals surface area contributed by atoms with Crippen LogP contribution in [-0.4, -0.2) is 25.0 Å². The summed E-state index contributed by atoms with van der Waals surface area (Å²) < 4.78 is 10.5. The molecule has 0 aliphatic heterocycles. The van der Waals surface area contributed by atoms with Gasteiger partial charge >= 0.3 is 5.97 Å². The van der Waals surface area contributed by atoms with Gasteiger partial charge in [-0.25, -0.2) is 0 Å². The van der Waals surface area contributed by atoms with Crippen LogP contribution in [0.2, 0.25) is 0 Å². The van der Waals surface area contributed by atoms with Gasteiger partial charge in [0.2, 0.25) is 0 Å². The Balaban J connectivity index is 2.51. The Morgan fingerprint density at radius 2 is 1.95 bits per heavy atom. The molecule has 0 spiro atoms. The second-order valence-electron chi connectivity index (χ2n) is 4.32. The molecular weight excluding hydrogens is 244 g/mol. The molecule has 19 heavy (non-hydrogen) atoms. The molecular formula is C15H20O4. The number of hydrogen-bond acceptors (Lipinski definition) is 4. The number of carbonyl (C=O) groups excluding carboxylic acids is 2. The number of rotatable bonds is 7. The molecule has 0 aromatic heterocycles. The molecule has 0 amide bonds. The first-order valence-corrected chi connectivity index (χ1v) is 6.41. The van der Waals surface area contributed by atoms with Crippen molar-refractivity contribution in [2.24, 2.45) is 5.92 Å². The summed E-state index contributed by atoms with van der Waals surface area (Å²) in [5.74, 6) is -0.618. The summed E-state index contributed by atoms with van der Waals surface area (Å²) in [5, 5.41) is 0. The van der Waals surface area contributed by atoms with E-state index in [0.29, 0.717) is 13.0 Å². The van der Waals surface area contributed by atoms with Crippen molar-refractivity contribution in [3.63, 3.8) is 0 Å². The first-order chi connectivity index (χ1) is 9.06. The molecule has 0 bridgehead atoms. The van der Waals surface area contributed by atoms with Gasteiger partial charge in [0, 0.05) is 6.42 Å². The molecule has 0 N–H and O–H groups in total. The van der Waals surface area contributed by atoms with E-state index in [1.165, 1.54) is 6.92 Å². The van der Waals surface area contributed by atoms with Gasteiger partial charge in [-0.15, -0.1) is 0 Å². The van der Waals surface area contributed by atoms with Crippen molar-refractivity contribution in [3.05, 3.63) is 29.8 Å². The zero-order chi connectivity index (χ0) is 14.3. The predicted octanol–water partition coefficient (Wildman–Crippen LogP) is 2.53. The lowest BCUT2D eigenvalue weighted by molar-refractivity contribution is -0.151. The number of benzene rings is 1. The summed E-state index contributed by atoms with van der Waals surface area (Å²) >= 11 is 0. The Kier molecular flexibility index (Phi) is 6.06. The number of Topliss-reactive ketones (excluding diaryl/α,β-unsaturated/α-hetero) is 1. The Bertz CT molecular complexity index is 440. The third-order valence-electron chi connectivity index (χ3n) is 2.82. The van der Waals surface area contributed by atoms with Crippen molar-refractivity contribution >= 4 is 11.8 Å². The van der Waals surface area contributed by atoms with Crippen LogP contribution in [0.4, 0.5) is 0 Å². The summed E-state index contributed by atoms with van der Waals surface area (Å²) in [7, 11) is 0. The molecule has 1 atom stereocenters. The van der Waals surface area contributed by atoms with Crippen molar-refractivity contribution in [3.8, 4) is 5.75 Å². The molecule has 0 radical (unpaired) electrons. The van der Waals surface area contributed by atoms with Gasteiger partial charge < -0.3 is 9.47 Å². The van der Waals surface area contributed by atoms with Gasteiger partial charge in [0.05, 0.1) is 13.2 Å². The van der Waals surface area contributed by atoms with E-state index < -0.39 is 11.9 Å². The fourth-order valence-electron chi connectivity index (χ4n) is 1.74. The highest BCUT2D eigenvalue weighted by Gasteiger charge is 2.24. The van der Waals surface area contributed by atoms with Crippen LogP contribution >= 0.6 is 0 Å². The average molecular weight is 264 g/mol. The lowest BCUT2D eigenvalue weighted by atomic mass is 10.0. The molecule has 1 aromatic carbocycles. The number of carbonyl (C=O) groups is 2. The van der Waals surface area contributed by atoms with Crippen molar-refractivity contribution in [1.29, 1.82) is 0 Å². The van der Waals surface area contributed by atoms with Gasteiger partial charge in [-0.2, -0.15) is 0 Å². The highest BCUT2D eigenvalue weighted by atomic mass is 16.5. The quantitative estimate of drug-likeness (QED) is 0.561. The van der Waals surface area contributed by atoms with Crippen LogP contribution < -0.4 is 4.74 Å². The highest BCUT2D eigenvalue weighted by Crippen LogP contribution is 2.17. The summed E-state index contributed by atoms with van der Waals surface area (Å²) in [6.07, 6.45) is 0.336. The number of ketones is 1. The van der Waals surface area contributed by atoms with Crippen LogP contribution in [0, 0.1) is 12.8 Å². The predicted molar refractivity (Wildman–Crippen MR) is 72.1 cm³/mol. The Hall–Kier alpha value is -1.84. The van der Waals surface area contributed by atoms with E-state index >= 15 is 0 Å². The average Bonchev–Trinajstić information content (AvgIpc) is 2.36. The Morgan fingerprint density at radius 3 is 2.53 bits per heavy atom. The van der Waals surface area contributed by atoms with Gasteiger partial charge in [0.25, 0.3) is 0 Å². The number of para-hydroxylation sites is 1. The molecule has 4 heteroatoms. The number of hydrogen-bond donors (Lipinski definition) is 0. The molecule has 0 heterocycles. The standard InChI is InChI=1S/C15H20O4/c1-4-18-15(17)13(12(3)16)9-10-19-14-8-6-5-7-11(14)2/h5-8,13H,4,9-10H2,1-3H3. The molecule has 104 valence electrons. The van der Waals surface area contributed by atoms with Crippen LogP contribution in [0.15, 0.2) is 24.3 Å². The van der Waals surface area contributed by atoms with E-state index in [2.05, 4.69) is 0 Å². The summed E-state index contributed by atoms with van der Waals surface area (Å²) in [4.78, 5) is 23.0. The zero-order valence-electron chi connectivity index (χ0n) is 11.6. The summed E-state index contributed by atoms with van der Waals surface area (Å²) in [6.45, 7) is 5.66. The first-order valence-electron chi connectivity index (χ1n) is 6.41. The van der Waals surface area contributed by atoms with Gasteiger partial charge in [-0.05, 0) is 32.4 Å².